The predicted octanol–water partition coefficient (Wildman–Crippen LogP) is 3.04. The number of rotatable bonds is 4. The standard InChI is InChI=1S/C29H30N6O3/c1-28(2)14-22-25(23(36)15-28)29(20(16-30)26(31)35(22)33(3)4)19-12-8-9-13-21(19)34(27(29)38)17-24(37)32-18-10-6-5-7-11-18/h5-13H,14-15,17,31H2,1-4H3,(H,32,37)/t29-/m0/s1. The summed E-state index contributed by atoms with van der Waals surface area (Å²) in [5, 5.41) is 16.7. The van der Waals surface area contributed by atoms with Crippen LogP contribution in [0.15, 0.2) is 77.3 Å². The average molecular weight is 511 g/mol. The van der Waals surface area contributed by atoms with Gasteiger partial charge < -0.3 is 16.0 Å². The molecule has 2 heterocycles. The number of hydrazine groups is 1. The molecule has 9 nitrogen and oxygen atoms in total. The van der Waals surface area contributed by atoms with Crippen LogP contribution in [0, 0.1) is 16.7 Å². The molecule has 1 spiro atoms. The number of nitriles is 1. The molecule has 2 aliphatic heterocycles. The number of nitrogens with two attached hydrogens (primary N) is 1. The topological polar surface area (TPSA) is 123 Å². The smallest absolute Gasteiger partial charge is 0.248 e. The number of Topliss-reactive ketones (excluding diaryl/α,β-unsaturated/α-hetero) is 1. The molecule has 0 unspecified atom stereocenters. The summed E-state index contributed by atoms with van der Waals surface area (Å²) < 4.78 is 0. The summed E-state index contributed by atoms with van der Waals surface area (Å²) in [7, 11) is 3.56. The van der Waals surface area contributed by atoms with E-state index >= 15 is 0 Å². The highest BCUT2D eigenvalue weighted by Gasteiger charge is 2.63. The first-order valence-electron chi connectivity index (χ1n) is 12.4. The Morgan fingerprint density at radius 1 is 1.08 bits per heavy atom. The van der Waals surface area contributed by atoms with Crippen LogP contribution in [0.25, 0.3) is 0 Å². The highest BCUT2D eigenvalue weighted by Crippen LogP contribution is 2.57. The van der Waals surface area contributed by atoms with Gasteiger partial charge in [0.05, 0.1) is 5.57 Å². The number of benzene rings is 2. The number of nitrogens with one attached hydrogen (secondary N) is 1. The molecule has 0 saturated heterocycles. The van der Waals surface area contributed by atoms with Crippen molar-refractivity contribution in [3.63, 3.8) is 0 Å². The molecule has 3 N–H and O–H groups in total. The number of nitrogens with zero attached hydrogens (tertiary/aromatic N) is 4. The summed E-state index contributed by atoms with van der Waals surface area (Å²) in [5.74, 6) is -1.04. The van der Waals surface area contributed by atoms with E-state index < -0.39 is 17.2 Å². The van der Waals surface area contributed by atoms with E-state index in [-0.39, 0.29) is 41.1 Å². The molecule has 2 aromatic rings. The van der Waals surface area contributed by atoms with E-state index in [0.717, 1.165) is 0 Å². The number of amides is 2. The summed E-state index contributed by atoms with van der Waals surface area (Å²) in [4.78, 5) is 43.0. The summed E-state index contributed by atoms with van der Waals surface area (Å²) in [5.41, 5.74) is 6.96. The molecule has 9 heteroatoms. The molecule has 0 radical (unpaired) electrons. The zero-order valence-corrected chi connectivity index (χ0v) is 21.9. The lowest BCUT2D eigenvalue weighted by molar-refractivity contribution is -0.126. The minimum absolute atomic E-state index is 0.0126. The Morgan fingerprint density at radius 3 is 2.39 bits per heavy atom. The van der Waals surface area contributed by atoms with Gasteiger partial charge in [-0.3, -0.25) is 19.4 Å². The van der Waals surface area contributed by atoms with Gasteiger partial charge in [-0.1, -0.05) is 50.2 Å². The number of allylic oxidation sites excluding steroid dienone is 1. The van der Waals surface area contributed by atoms with Gasteiger partial charge in [-0.15, -0.1) is 0 Å². The Morgan fingerprint density at radius 2 is 1.74 bits per heavy atom. The van der Waals surface area contributed by atoms with E-state index in [9.17, 15) is 19.6 Å². The monoisotopic (exact) mass is 510 g/mol. The maximum atomic E-state index is 14.6. The number of carbonyl (C=O) groups is 3. The van der Waals surface area contributed by atoms with Crippen LogP contribution in [0.5, 0.6) is 0 Å². The third-order valence-electron chi connectivity index (χ3n) is 7.38. The first-order chi connectivity index (χ1) is 18.0. The van der Waals surface area contributed by atoms with Crippen molar-refractivity contribution in [3.05, 3.63) is 82.8 Å². The molecule has 0 aromatic heterocycles. The van der Waals surface area contributed by atoms with E-state index in [1.165, 1.54) is 4.90 Å². The van der Waals surface area contributed by atoms with Crippen LogP contribution in [0.4, 0.5) is 11.4 Å². The van der Waals surface area contributed by atoms with Crippen LogP contribution in [-0.4, -0.2) is 48.3 Å². The van der Waals surface area contributed by atoms with Gasteiger partial charge in [-0.2, -0.15) is 5.26 Å². The molecular formula is C29H30N6O3. The van der Waals surface area contributed by atoms with Crippen molar-refractivity contribution in [1.82, 2.24) is 10.0 Å². The maximum Gasteiger partial charge on any atom is 0.248 e. The van der Waals surface area contributed by atoms with Crippen LogP contribution in [0.3, 0.4) is 0 Å². The van der Waals surface area contributed by atoms with E-state index in [2.05, 4.69) is 11.4 Å². The molecule has 0 saturated carbocycles. The third kappa shape index (κ3) is 3.60. The number of hydrogen-bond acceptors (Lipinski definition) is 7. The lowest BCUT2D eigenvalue weighted by atomic mass is 9.61. The van der Waals surface area contributed by atoms with Crippen LogP contribution < -0.4 is 16.0 Å². The fraction of sp³-hybridized carbons (Fsp3) is 0.310. The molecule has 3 aliphatic rings. The molecule has 2 aromatic carbocycles. The Balaban J connectivity index is 1.71. The van der Waals surface area contributed by atoms with E-state index in [0.29, 0.717) is 29.1 Å². The number of anilines is 2. The van der Waals surface area contributed by atoms with Crippen molar-refractivity contribution in [3.8, 4) is 6.07 Å². The SMILES string of the molecule is CN(C)N1C(N)=C(C#N)[C@]2(C(=O)N(CC(=O)Nc3ccccc3)c3ccccc32)C2=C1CC(C)(C)CC2=O. The second-order valence-electron chi connectivity index (χ2n) is 10.9. The second-order valence-corrected chi connectivity index (χ2v) is 10.9. The summed E-state index contributed by atoms with van der Waals surface area (Å²) >= 11 is 0. The summed E-state index contributed by atoms with van der Waals surface area (Å²) in [6.45, 7) is 3.71. The van der Waals surface area contributed by atoms with E-state index in [4.69, 9.17) is 5.73 Å². The van der Waals surface area contributed by atoms with Gasteiger partial charge in [0.1, 0.15) is 23.8 Å². The van der Waals surface area contributed by atoms with Gasteiger partial charge in [0.2, 0.25) is 11.8 Å². The Bertz CT molecular complexity index is 1470. The lowest BCUT2D eigenvalue weighted by Gasteiger charge is -2.48. The number of hydrogen-bond donors (Lipinski definition) is 2. The molecule has 38 heavy (non-hydrogen) atoms. The molecule has 0 fully saturated rings. The zero-order valence-electron chi connectivity index (χ0n) is 21.9. The largest absolute Gasteiger partial charge is 0.383 e. The van der Waals surface area contributed by atoms with Gasteiger partial charge >= 0.3 is 0 Å². The minimum atomic E-state index is -1.72. The van der Waals surface area contributed by atoms with E-state index in [1.54, 1.807) is 72.6 Å². The molecule has 0 bridgehead atoms. The first kappa shape index (κ1) is 25.2. The highest BCUT2D eigenvalue weighted by molar-refractivity contribution is 6.21. The van der Waals surface area contributed by atoms with Crippen molar-refractivity contribution in [2.75, 3.05) is 30.9 Å². The predicted molar refractivity (Wildman–Crippen MR) is 143 cm³/mol. The summed E-state index contributed by atoms with van der Waals surface area (Å²) in [6, 6.07) is 18.2. The van der Waals surface area contributed by atoms with Crippen LogP contribution in [0.2, 0.25) is 0 Å². The molecular weight excluding hydrogens is 480 g/mol. The molecule has 2 amide bonds. The lowest BCUT2D eigenvalue weighted by Crippen LogP contribution is -2.56. The van der Waals surface area contributed by atoms with Crippen LogP contribution in [0.1, 0.15) is 32.3 Å². The second kappa shape index (κ2) is 8.85. The number of para-hydroxylation sites is 2. The number of ketones is 1. The van der Waals surface area contributed by atoms with Crippen molar-refractivity contribution in [2.45, 2.75) is 32.1 Å². The fourth-order valence-corrected chi connectivity index (χ4v) is 6.02. The maximum absolute atomic E-state index is 14.6. The van der Waals surface area contributed by atoms with Crippen molar-refractivity contribution in [1.29, 1.82) is 5.26 Å². The van der Waals surface area contributed by atoms with Gasteiger partial charge in [-0.05, 0) is 30.0 Å². The quantitative estimate of drug-likeness (QED) is 0.648. The normalized spacial score (nSPS) is 22.1. The fourth-order valence-electron chi connectivity index (χ4n) is 6.02. The summed E-state index contributed by atoms with van der Waals surface area (Å²) in [6.07, 6.45) is 0.703. The van der Waals surface area contributed by atoms with Gasteiger partial charge in [0, 0.05) is 48.7 Å². The first-order valence-corrected chi connectivity index (χ1v) is 12.4. The zero-order chi connectivity index (χ0) is 27.4. The van der Waals surface area contributed by atoms with Crippen LogP contribution >= 0.6 is 0 Å². The molecule has 194 valence electrons. The minimum Gasteiger partial charge on any atom is -0.383 e. The number of fused-ring (bicyclic) bond motifs is 3. The van der Waals surface area contributed by atoms with E-state index in [1.807, 2.05) is 19.9 Å². The van der Waals surface area contributed by atoms with Gasteiger partial charge in [0.25, 0.3) is 0 Å². The Hall–Kier alpha value is -4.42. The van der Waals surface area contributed by atoms with Crippen molar-refractivity contribution >= 4 is 29.0 Å². The van der Waals surface area contributed by atoms with Crippen molar-refractivity contribution < 1.29 is 14.4 Å². The Labute approximate surface area is 221 Å². The molecule has 1 atom stereocenters. The number of carbonyl (C=O) groups excluding carboxylic acids is 3. The van der Waals surface area contributed by atoms with Crippen LogP contribution in [-0.2, 0) is 19.8 Å². The van der Waals surface area contributed by atoms with Gasteiger partial charge in [-0.25, -0.2) is 5.01 Å². The van der Waals surface area contributed by atoms with Crippen molar-refractivity contribution in [2.24, 2.45) is 11.1 Å². The Kier molecular flexibility index (Phi) is 5.88. The average Bonchev–Trinajstić information content (AvgIpc) is 3.07. The molecule has 5 rings (SSSR count). The molecule has 1 aliphatic carbocycles. The van der Waals surface area contributed by atoms with Gasteiger partial charge in [0.15, 0.2) is 5.78 Å². The highest BCUT2D eigenvalue weighted by atomic mass is 16.2. The third-order valence-corrected chi connectivity index (χ3v) is 7.38.